The highest BCUT2D eigenvalue weighted by atomic mass is 16.5. The van der Waals surface area contributed by atoms with E-state index in [1.54, 1.807) is 12.7 Å². The summed E-state index contributed by atoms with van der Waals surface area (Å²) in [6.07, 6.45) is 12.4. The Hall–Kier alpha value is -1.07. The molecule has 5 nitrogen and oxygen atoms in total. The van der Waals surface area contributed by atoms with Crippen LogP contribution in [0.15, 0.2) is 16.6 Å². The monoisotopic (exact) mass is 337 g/mol. The largest absolute Gasteiger partial charge is 0.385 e. The van der Waals surface area contributed by atoms with Crippen molar-refractivity contribution < 1.29 is 9.47 Å². The van der Waals surface area contributed by atoms with E-state index in [9.17, 15) is 0 Å². The number of piperidine rings is 1. The van der Waals surface area contributed by atoms with E-state index in [-0.39, 0.29) is 0 Å². The highest BCUT2D eigenvalue weighted by Gasteiger charge is 2.21. The molecule has 138 valence electrons. The number of allylic oxidation sites excluding steroid dienone is 1. The van der Waals surface area contributed by atoms with Crippen molar-refractivity contribution in [3.8, 4) is 0 Å². The molecule has 2 rings (SSSR count). The summed E-state index contributed by atoms with van der Waals surface area (Å²) in [5.74, 6) is 1.05. The number of likely N-dealkylation sites (tertiary alicyclic amines) is 1. The lowest BCUT2D eigenvalue weighted by molar-refractivity contribution is 0.00992. The fourth-order valence-electron chi connectivity index (χ4n) is 3.49. The average Bonchev–Trinajstić information content (AvgIpc) is 2.64. The normalized spacial score (nSPS) is 20.2. The van der Waals surface area contributed by atoms with Crippen LogP contribution in [0.3, 0.4) is 0 Å². The molecule has 24 heavy (non-hydrogen) atoms. The molecule has 0 saturated carbocycles. The molecule has 2 aliphatic rings. The summed E-state index contributed by atoms with van der Waals surface area (Å²) in [6.45, 7) is 4.63. The fraction of sp³-hybridized carbons (Fsp3) is 0.842. The Morgan fingerprint density at radius 2 is 2.12 bits per heavy atom. The molecule has 0 aromatic rings. The fourth-order valence-corrected chi connectivity index (χ4v) is 3.49. The summed E-state index contributed by atoms with van der Waals surface area (Å²) in [6, 6.07) is 0. The Balaban J connectivity index is 1.62. The van der Waals surface area contributed by atoms with E-state index in [2.05, 4.69) is 21.3 Å². The zero-order valence-corrected chi connectivity index (χ0v) is 15.6. The Labute approximate surface area is 147 Å². The van der Waals surface area contributed by atoms with Gasteiger partial charge in [0.2, 0.25) is 0 Å². The first kappa shape index (κ1) is 19.3. The molecule has 0 atom stereocenters. The van der Waals surface area contributed by atoms with Crippen LogP contribution in [0.4, 0.5) is 0 Å². The highest BCUT2D eigenvalue weighted by molar-refractivity contribution is 5.79. The standard InChI is InChI=1S/C19H35N3O2/c1-20-19(21-12-9-17-7-4-3-5-8-17)22-13-10-18(11-14-22)24-16-6-15-23-2/h7,18H,3-6,8-16H2,1-2H3,(H,20,21). The summed E-state index contributed by atoms with van der Waals surface area (Å²) in [5, 5.41) is 3.54. The molecule has 0 radical (unpaired) electrons. The lowest BCUT2D eigenvalue weighted by Crippen LogP contribution is -2.47. The maximum absolute atomic E-state index is 5.93. The van der Waals surface area contributed by atoms with Crippen molar-refractivity contribution in [3.05, 3.63) is 11.6 Å². The van der Waals surface area contributed by atoms with Gasteiger partial charge in [-0.25, -0.2) is 0 Å². The molecule has 1 aliphatic heterocycles. The molecule has 0 bridgehead atoms. The summed E-state index contributed by atoms with van der Waals surface area (Å²) in [7, 11) is 3.62. The van der Waals surface area contributed by atoms with Crippen molar-refractivity contribution in [1.29, 1.82) is 0 Å². The molecule has 5 heteroatoms. The Kier molecular flexibility index (Phi) is 9.21. The van der Waals surface area contributed by atoms with E-state index in [1.807, 2.05) is 7.05 Å². The zero-order valence-electron chi connectivity index (χ0n) is 15.6. The van der Waals surface area contributed by atoms with Gasteiger partial charge in [0.1, 0.15) is 0 Å². The van der Waals surface area contributed by atoms with Crippen LogP contribution >= 0.6 is 0 Å². The van der Waals surface area contributed by atoms with Crippen molar-refractivity contribution in [3.63, 3.8) is 0 Å². The molecule has 1 N–H and O–H groups in total. The molecule has 0 amide bonds. The van der Waals surface area contributed by atoms with Crippen LogP contribution < -0.4 is 5.32 Å². The number of hydrogen-bond donors (Lipinski definition) is 1. The second kappa shape index (κ2) is 11.5. The van der Waals surface area contributed by atoms with Gasteiger partial charge in [0.25, 0.3) is 0 Å². The van der Waals surface area contributed by atoms with Gasteiger partial charge in [-0.3, -0.25) is 4.99 Å². The molecule has 1 saturated heterocycles. The van der Waals surface area contributed by atoms with Crippen LogP contribution in [0.1, 0.15) is 51.4 Å². The topological polar surface area (TPSA) is 46.1 Å². The maximum Gasteiger partial charge on any atom is 0.193 e. The number of rotatable bonds is 8. The zero-order chi connectivity index (χ0) is 17.0. The maximum atomic E-state index is 5.93. The Morgan fingerprint density at radius 1 is 1.29 bits per heavy atom. The summed E-state index contributed by atoms with van der Waals surface area (Å²) >= 11 is 0. The van der Waals surface area contributed by atoms with E-state index in [1.165, 1.54) is 25.7 Å². The van der Waals surface area contributed by atoms with Crippen molar-refractivity contribution in [2.45, 2.75) is 57.5 Å². The minimum absolute atomic E-state index is 0.392. The van der Waals surface area contributed by atoms with Gasteiger partial charge in [-0.1, -0.05) is 11.6 Å². The summed E-state index contributed by atoms with van der Waals surface area (Å²) in [4.78, 5) is 6.83. The summed E-state index contributed by atoms with van der Waals surface area (Å²) < 4.78 is 11.0. The van der Waals surface area contributed by atoms with E-state index in [4.69, 9.17) is 9.47 Å². The quantitative estimate of drug-likeness (QED) is 0.320. The van der Waals surface area contributed by atoms with E-state index in [0.717, 1.165) is 64.5 Å². The van der Waals surface area contributed by atoms with Gasteiger partial charge in [-0.05, 0) is 51.4 Å². The number of methoxy groups -OCH3 is 1. The first-order valence-corrected chi connectivity index (χ1v) is 9.57. The van der Waals surface area contributed by atoms with Crippen LogP contribution in [-0.4, -0.2) is 64.0 Å². The van der Waals surface area contributed by atoms with E-state index < -0.39 is 0 Å². The predicted molar refractivity (Wildman–Crippen MR) is 99.6 cm³/mol. The lowest BCUT2D eigenvalue weighted by Gasteiger charge is -2.34. The number of nitrogens with one attached hydrogen (secondary N) is 1. The summed E-state index contributed by atoms with van der Waals surface area (Å²) in [5.41, 5.74) is 1.62. The molecular formula is C19H35N3O2. The molecule has 1 fully saturated rings. The Bertz CT molecular complexity index is 401. The van der Waals surface area contributed by atoms with Crippen molar-refractivity contribution >= 4 is 5.96 Å². The van der Waals surface area contributed by atoms with Crippen molar-refractivity contribution in [2.24, 2.45) is 4.99 Å². The van der Waals surface area contributed by atoms with Gasteiger partial charge in [0, 0.05) is 47.0 Å². The predicted octanol–water partition coefficient (Wildman–Crippen LogP) is 2.97. The third-order valence-electron chi connectivity index (χ3n) is 4.91. The third-order valence-corrected chi connectivity index (χ3v) is 4.91. The molecule has 1 heterocycles. The molecule has 0 unspecified atom stereocenters. The lowest BCUT2D eigenvalue weighted by atomic mass is 9.97. The first-order chi connectivity index (χ1) is 11.8. The van der Waals surface area contributed by atoms with Gasteiger partial charge in [0.05, 0.1) is 6.10 Å². The van der Waals surface area contributed by atoms with Crippen LogP contribution in [0.2, 0.25) is 0 Å². The molecular weight excluding hydrogens is 302 g/mol. The number of ether oxygens (including phenoxy) is 2. The van der Waals surface area contributed by atoms with Crippen LogP contribution in [-0.2, 0) is 9.47 Å². The van der Waals surface area contributed by atoms with Crippen molar-refractivity contribution in [2.75, 3.05) is 47.0 Å². The van der Waals surface area contributed by atoms with Gasteiger partial charge >= 0.3 is 0 Å². The van der Waals surface area contributed by atoms with Gasteiger partial charge < -0.3 is 19.7 Å². The van der Waals surface area contributed by atoms with E-state index >= 15 is 0 Å². The van der Waals surface area contributed by atoms with Crippen molar-refractivity contribution in [1.82, 2.24) is 10.2 Å². The van der Waals surface area contributed by atoms with Gasteiger partial charge in [-0.2, -0.15) is 0 Å². The number of nitrogens with zero attached hydrogens (tertiary/aromatic N) is 2. The average molecular weight is 338 g/mol. The number of aliphatic imine (C=N–C) groups is 1. The molecule has 0 aromatic carbocycles. The second-order valence-electron chi connectivity index (χ2n) is 6.74. The highest BCUT2D eigenvalue weighted by Crippen LogP contribution is 2.19. The SMILES string of the molecule is CN=C(NCCC1=CCCCC1)N1CCC(OCCCOC)CC1. The Morgan fingerprint density at radius 3 is 2.79 bits per heavy atom. The second-order valence-corrected chi connectivity index (χ2v) is 6.74. The van der Waals surface area contributed by atoms with Crippen LogP contribution in [0, 0.1) is 0 Å². The number of hydrogen-bond acceptors (Lipinski definition) is 3. The molecule has 0 aromatic heterocycles. The molecule has 0 spiro atoms. The van der Waals surface area contributed by atoms with Crippen LogP contribution in [0.5, 0.6) is 0 Å². The minimum Gasteiger partial charge on any atom is -0.385 e. The first-order valence-electron chi connectivity index (χ1n) is 9.57. The van der Waals surface area contributed by atoms with Gasteiger partial charge in [-0.15, -0.1) is 0 Å². The smallest absolute Gasteiger partial charge is 0.193 e. The molecule has 1 aliphatic carbocycles. The minimum atomic E-state index is 0.392. The van der Waals surface area contributed by atoms with Crippen LogP contribution in [0.25, 0.3) is 0 Å². The third kappa shape index (κ3) is 6.81. The van der Waals surface area contributed by atoms with Gasteiger partial charge in [0.15, 0.2) is 5.96 Å². The van der Waals surface area contributed by atoms with E-state index in [0.29, 0.717) is 6.10 Å². The number of guanidine groups is 1.